The van der Waals surface area contributed by atoms with Gasteiger partial charge in [-0.25, -0.2) is 0 Å². The van der Waals surface area contributed by atoms with Crippen molar-refractivity contribution >= 4 is 0 Å². The molecule has 16 heavy (non-hydrogen) atoms. The number of hydrogen-bond donors (Lipinski definition) is 0. The molecule has 0 saturated carbocycles. The third-order valence-electron chi connectivity index (χ3n) is 2.57. The molecule has 0 spiro atoms. The van der Waals surface area contributed by atoms with Gasteiger partial charge < -0.3 is 0 Å². The second-order valence-corrected chi connectivity index (χ2v) is 4.21. The van der Waals surface area contributed by atoms with Crippen LogP contribution in [0.15, 0.2) is 36.5 Å². The molecule has 0 heteroatoms. The highest BCUT2D eigenvalue weighted by atomic mass is 13.9. The second-order valence-electron chi connectivity index (χ2n) is 4.21. The zero-order chi connectivity index (χ0) is 11.9. The lowest BCUT2D eigenvalue weighted by Crippen LogP contribution is -1.77. The summed E-state index contributed by atoms with van der Waals surface area (Å²) in [7, 11) is 0. The van der Waals surface area contributed by atoms with E-state index in [0.717, 1.165) is 6.42 Å². The van der Waals surface area contributed by atoms with Crippen LogP contribution in [0.2, 0.25) is 0 Å². The van der Waals surface area contributed by atoms with Gasteiger partial charge in [0.25, 0.3) is 0 Å². The molecule has 0 nitrogen and oxygen atoms in total. The van der Waals surface area contributed by atoms with E-state index in [1.807, 2.05) is 0 Å². The Morgan fingerprint density at radius 3 is 1.94 bits per heavy atom. The lowest BCUT2D eigenvalue weighted by Gasteiger charge is -1.97. The van der Waals surface area contributed by atoms with Crippen LogP contribution < -0.4 is 0 Å². The van der Waals surface area contributed by atoms with Gasteiger partial charge in [0, 0.05) is 0 Å². The average molecular weight is 220 g/mol. The smallest absolute Gasteiger partial charge is 0.0348 e. The summed E-state index contributed by atoms with van der Waals surface area (Å²) in [5, 5.41) is 0. The Labute approximate surface area is 102 Å². The molecule has 0 saturated heterocycles. The van der Waals surface area contributed by atoms with Crippen molar-refractivity contribution in [3.63, 3.8) is 0 Å². The van der Waals surface area contributed by atoms with Crippen molar-refractivity contribution in [1.82, 2.24) is 0 Å². The largest absolute Gasteiger partial charge is 0.0848 e. The Morgan fingerprint density at radius 1 is 0.625 bits per heavy atom. The molecule has 0 aliphatic carbocycles. The highest BCUT2D eigenvalue weighted by molar-refractivity contribution is 5.10. The van der Waals surface area contributed by atoms with Gasteiger partial charge in [-0.05, 0) is 19.3 Å². The molecule has 0 aliphatic heterocycles. The molecule has 0 aromatic carbocycles. The molecule has 0 fully saturated rings. The highest BCUT2D eigenvalue weighted by Gasteiger charge is 1.87. The lowest BCUT2D eigenvalue weighted by atomic mass is 10.1. The van der Waals surface area contributed by atoms with Gasteiger partial charge in [-0.3, -0.25) is 0 Å². The Morgan fingerprint density at radius 2 is 1.25 bits per heavy atom. The van der Waals surface area contributed by atoms with Crippen LogP contribution in [-0.4, -0.2) is 0 Å². The molecule has 0 heterocycles. The van der Waals surface area contributed by atoms with E-state index in [9.17, 15) is 0 Å². The van der Waals surface area contributed by atoms with Crippen molar-refractivity contribution in [3.8, 4) is 0 Å². The van der Waals surface area contributed by atoms with Crippen LogP contribution in [0.25, 0.3) is 0 Å². The minimum Gasteiger partial charge on any atom is -0.0848 e. The predicted molar refractivity (Wildman–Crippen MR) is 75.7 cm³/mol. The minimum atomic E-state index is 1.12. The van der Waals surface area contributed by atoms with E-state index < -0.39 is 0 Å². The first kappa shape index (κ1) is 15.2. The molecule has 0 aromatic rings. The van der Waals surface area contributed by atoms with Crippen molar-refractivity contribution < 1.29 is 0 Å². The van der Waals surface area contributed by atoms with E-state index in [1.54, 1.807) is 0 Å². The summed E-state index contributed by atoms with van der Waals surface area (Å²) in [6, 6.07) is 0. The minimum absolute atomic E-state index is 1.12. The fourth-order valence-electron chi connectivity index (χ4n) is 1.56. The SMILES string of the molecule is CCC=CC=CC=CCCCCCCCC. The van der Waals surface area contributed by atoms with Crippen LogP contribution in [0.5, 0.6) is 0 Å². The molecular formula is C16H28. The molecule has 0 N–H and O–H groups in total. The summed E-state index contributed by atoms with van der Waals surface area (Å²) < 4.78 is 0. The van der Waals surface area contributed by atoms with Gasteiger partial charge in [-0.15, -0.1) is 0 Å². The maximum Gasteiger partial charge on any atom is -0.0348 e. The summed E-state index contributed by atoms with van der Waals surface area (Å²) in [5.41, 5.74) is 0. The fourth-order valence-corrected chi connectivity index (χ4v) is 1.56. The molecule has 92 valence electrons. The van der Waals surface area contributed by atoms with Crippen molar-refractivity contribution in [2.24, 2.45) is 0 Å². The molecular weight excluding hydrogens is 192 g/mol. The number of allylic oxidation sites excluding steroid dienone is 6. The van der Waals surface area contributed by atoms with Crippen LogP contribution in [0.1, 0.15) is 65.2 Å². The quantitative estimate of drug-likeness (QED) is 0.321. The summed E-state index contributed by atoms with van der Waals surface area (Å²) in [4.78, 5) is 0. The maximum absolute atomic E-state index is 2.27. The summed E-state index contributed by atoms with van der Waals surface area (Å²) >= 11 is 0. The summed E-state index contributed by atoms with van der Waals surface area (Å²) in [6.45, 7) is 4.42. The van der Waals surface area contributed by atoms with Gasteiger partial charge >= 0.3 is 0 Å². The molecule has 0 atom stereocenters. The maximum atomic E-state index is 2.27. The van der Waals surface area contributed by atoms with Crippen LogP contribution in [0.3, 0.4) is 0 Å². The predicted octanol–water partition coefficient (Wildman–Crippen LogP) is 5.82. The first-order valence-electron chi connectivity index (χ1n) is 6.90. The Balaban J connectivity index is 3.21. The zero-order valence-electron chi connectivity index (χ0n) is 11.1. The number of hydrogen-bond acceptors (Lipinski definition) is 0. The van der Waals surface area contributed by atoms with Gasteiger partial charge in [0.2, 0.25) is 0 Å². The van der Waals surface area contributed by atoms with Crippen molar-refractivity contribution in [2.45, 2.75) is 65.2 Å². The second kappa shape index (κ2) is 14.2. The topological polar surface area (TPSA) is 0 Å². The fraction of sp³-hybridized carbons (Fsp3) is 0.625. The standard InChI is InChI=1S/C16H28/c1-3-5-7-9-11-13-15-16-14-12-10-8-6-4-2/h5,7,9,11,13,15H,3-4,6,8,10,12,14,16H2,1-2H3. The van der Waals surface area contributed by atoms with Crippen LogP contribution in [0, 0.1) is 0 Å². The molecule has 0 bridgehead atoms. The van der Waals surface area contributed by atoms with E-state index >= 15 is 0 Å². The van der Waals surface area contributed by atoms with E-state index in [1.165, 1.54) is 44.9 Å². The Kier molecular flexibility index (Phi) is 13.5. The number of unbranched alkanes of at least 4 members (excludes halogenated alkanes) is 6. The van der Waals surface area contributed by atoms with E-state index in [4.69, 9.17) is 0 Å². The lowest BCUT2D eigenvalue weighted by molar-refractivity contribution is 0.611. The van der Waals surface area contributed by atoms with Gasteiger partial charge in [-0.1, -0.05) is 82.4 Å². The van der Waals surface area contributed by atoms with Crippen molar-refractivity contribution in [2.75, 3.05) is 0 Å². The van der Waals surface area contributed by atoms with Crippen molar-refractivity contribution in [1.29, 1.82) is 0 Å². The van der Waals surface area contributed by atoms with E-state index in [-0.39, 0.29) is 0 Å². The van der Waals surface area contributed by atoms with E-state index in [2.05, 4.69) is 50.3 Å². The highest BCUT2D eigenvalue weighted by Crippen LogP contribution is 2.07. The molecule has 0 unspecified atom stereocenters. The Bertz CT molecular complexity index is 196. The monoisotopic (exact) mass is 220 g/mol. The summed E-state index contributed by atoms with van der Waals surface area (Å²) in [5.74, 6) is 0. The molecule has 0 aromatic heterocycles. The Hall–Kier alpha value is -0.780. The average Bonchev–Trinajstić information content (AvgIpc) is 2.31. The molecule has 0 rings (SSSR count). The van der Waals surface area contributed by atoms with Crippen LogP contribution >= 0.6 is 0 Å². The van der Waals surface area contributed by atoms with Crippen LogP contribution in [-0.2, 0) is 0 Å². The van der Waals surface area contributed by atoms with Gasteiger partial charge in [0.1, 0.15) is 0 Å². The first-order valence-corrected chi connectivity index (χ1v) is 6.90. The van der Waals surface area contributed by atoms with Gasteiger partial charge in [-0.2, -0.15) is 0 Å². The normalized spacial score (nSPS) is 12.4. The van der Waals surface area contributed by atoms with E-state index in [0.29, 0.717) is 0 Å². The molecule has 0 radical (unpaired) electrons. The zero-order valence-corrected chi connectivity index (χ0v) is 11.1. The van der Waals surface area contributed by atoms with Crippen molar-refractivity contribution in [3.05, 3.63) is 36.5 Å². The molecule has 0 amide bonds. The third kappa shape index (κ3) is 13.2. The number of rotatable bonds is 10. The summed E-state index contributed by atoms with van der Waals surface area (Å²) in [6.07, 6.45) is 23.6. The molecule has 0 aliphatic rings. The first-order chi connectivity index (χ1) is 7.91. The third-order valence-corrected chi connectivity index (χ3v) is 2.57. The van der Waals surface area contributed by atoms with Crippen LogP contribution in [0.4, 0.5) is 0 Å². The van der Waals surface area contributed by atoms with Gasteiger partial charge in [0.15, 0.2) is 0 Å². The van der Waals surface area contributed by atoms with Gasteiger partial charge in [0.05, 0.1) is 0 Å².